The van der Waals surface area contributed by atoms with Crippen LogP contribution in [0.25, 0.3) is 0 Å². The summed E-state index contributed by atoms with van der Waals surface area (Å²) in [6.45, 7) is 0. The van der Waals surface area contributed by atoms with Crippen molar-refractivity contribution in [1.29, 1.82) is 0 Å². The molecule has 1 atom stereocenters. The highest BCUT2D eigenvalue weighted by Gasteiger charge is 2.23. The number of hydrogen-bond donors (Lipinski definition) is 2. The van der Waals surface area contributed by atoms with Crippen LogP contribution in [0.3, 0.4) is 0 Å². The molecule has 0 fully saturated rings. The van der Waals surface area contributed by atoms with Crippen molar-refractivity contribution in [1.82, 2.24) is 10.6 Å². The summed E-state index contributed by atoms with van der Waals surface area (Å²) in [6, 6.07) is 3.77. The number of carboxylic acid groups (broad SMARTS) is 1. The first kappa shape index (κ1) is 13.7. The molecule has 1 aromatic rings. The van der Waals surface area contributed by atoms with Gasteiger partial charge >= 0.3 is 6.03 Å². The van der Waals surface area contributed by atoms with Gasteiger partial charge < -0.3 is 30.0 Å². The normalized spacial score (nSPS) is 17.6. The zero-order valence-electron chi connectivity index (χ0n) is 10.9. The third-order valence-corrected chi connectivity index (χ3v) is 2.86. The van der Waals surface area contributed by atoms with Gasteiger partial charge in [0.25, 0.3) is 0 Å². The number of carboxylic acids is 1. The molecule has 0 spiro atoms. The smallest absolute Gasteiger partial charge is 0.320 e. The summed E-state index contributed by atoms with van der Waals surface area (Å²) in [5, 5.41) is 15.6. The van der Waals surface area contributed by atoms with Crippen molar-refractivity contribution in [3.05, 3.63) is 35.5 Å². The maximum atomic E-state index is 11.5. The van der Waals surface area contributed by atoms with E-state index in [9.17, 15) is 14.7 Å². The Morgan fingerprint density at radius 2 is 2.05 bits per heavy atom. The standard InChI is InChI=1S/C13H14N2O5/c1-19-7-3-4-11(20-2)8(5-7)9-6-10(12(16)17)15-13(18)14-9/h3-6,9H,1-2H3,(H,16,17)(H2,14,15,18)/p-1/t9-/m0/s1. The molecule has 0 aliphatic carbocycles. The molecule has 7 nitrogen and oxygen atoms in total. The van der Waals surface area contributed by atoms with Gasteiger partial charge in [-0.3, -0.25) is 0 Å². The maximum absolute atomic E-state index is 11.5. The van der Waals surface area contributed by atoms with Crippen LogP contribution in [0.2, 0.25) is 0 Å². The van der Waals surface area contributed by atoms with Gasteiger partial charge in [0, 0.05) is 5.56 Å². The second-order valence-corrected chi connectivity index (χ2v) is 4.05. The predicted octanol–water partition coefficient (Wildman–Crippen LogP) is -0.309. The Morgan fingerprint density at radius 1 is 1.30 bits per heavy atom. The van der Waals surface area contributed by atoms with Gasteiger partial charge in [0.05, 0.1) is 31.9 Å². The van der Waals surface area contributed by atoms with E-state index < -0.39 is 18.0 Å². The Hall–Kier alpha value is -2.70. The number of hydrogen-bond acceptors (Lipinski definition) is 5. The molecule has 0 aromatic heterocycles. The monoisotopic (exact) mass is 277 g/mol. The molecule has 7 heteroatoms. The van der Waals surface area contributed by atoms with Crippen LogP contribution < -0.4 is 25.2 Å². The number of methoxy groups -OCH3 is 2. The average Bonchev–Trinajstić information content (AvgIpc) is 2.45. The lowest BCUT2D eigenvalue weighted by Gasteiger charge is -2.25. The lowest BCUT2D eigenvalue weighted by atomic mass is 10.0. The second kappa shape index (κ2) is 5.52. The van der Waals surface area contributed by atoms with Crippen molar-refractivity contribution < 1.29 is 24.2 Å². The SMILES string of the molecule is COc1ccc(OC)c([C@@H]2C=C(C(=O)[O-])NC(=O)N2)c1. The molecule has 0 saturated carbocycles. The molecular weight excluding hydrogens is 264 g/mol. The van der Waals surface area contributed by atoms with Crippen LogP contribution in [-0.2, 0) is 4.79 Å². The zero-order valence-corrected chi connectivity index (χ0v) is 10.9. The number of carbonyl (C=O) groups excluding carboxylic acids is 2. The number of benzene rings is 1. The number of aliphatic carboxylic acids is 1. The lowest BCUT2D eigenvalue weighted by Crippen LogP contribution is -2.46. The first-order valence-corrected chi connectivity index (χ1v) is 5.77. The van der Waals surface area contributed by atoms with E-state index in [0.29, 0.717) is 17.1 Å². The van der Waals surface area contributed by atoms with Gasteiger partial charge in [0.2, 0.25) is 0 Å². The first-order chi connectivity index (χ1) is 9.55. The van der Waals surface area contributed by atoms with E-state index in [1.54, 1.807) is 18.2 Å². The fourth-order valence-electron chi connectivity index (χ4n) is 1.92. The van der Waals surface area contributed by atoms with Gasteiger partial charge in [0.1, 0.15) is 11.5 Å². The fraction of sp³-hybridized carbons (Fsp3) is 0.231. The molecule has 2 rings (SSSR count). The molecule has 1 aromatic carbocycles. The lowest BCUT2D eigenvalue weighted by molar-refractivity contribution is -0.299. The van der Waals surface area contributed by atoms with Crippen molar-refractivity contribution in [2.45, 2.75) is 6.04 Å². The Morgan fingerprint density at radius 3 is 2.65 bits per heavy atom. The molecule has 1 aliphatic rings. The summed E-state index contributed by atoms with van der Waals surface area (Å²) in [4.78, 5) is 22.4. The molecule has 0 radical (unpaired) electrons. The Labute approximate surface area is 115 Å². The van der Waals surface area contributed by atoms with Crippen LogP contribution in [0.1, 0.15) is 11.6 Å². The maximum Gasteiger partial charge on any atom is 0.320 e. The molecule has 0 bridgehead atoms. The van der Waals surface area contributed by atoms with Crippen LogP contribution in [0.15, 0.2) is 30.0 Å². The van der Waals surface area contributed by atoms with E-state index >= 15 is 0 Å². The Kier molecular flexibility index (Phi) is 3.79. The molecule has 20 heavy (non-hydrogen) atoms. The zero-order chi connectivity index (χ0) is 14.7. The number of rotatable bonds is 4. The van der Waals surface area contributed by atoms with Gasteiger partial charge in [-0.2, -0.15) is 0 Å². The molecule has 2 amide bonds. The van der Waals surface area contributed by atoms with Crippen molar-refractivity contribution in [2.75, 3.05) is 14.2 Å². The van der Waals surface area contributed by atoms with E-state index in [4.69, 9.17) is 9.47 Å². The molecular formula is C13H13N2O5-. The molecule has 0 saturated heterocycles. The van der Waals surface area contributed by atoms with E-state index in [-0.39, 0.29) is 5.70 Å². The van der Waals surface area contributed by atoms with Crippen molar-refractivity contribution in [3.8, 4) is 11.5 Å². The number of urea groups is 1. The topological polar surface area (TPSA) is 99.7 Å². The van der Waals surface area contributed by atoms with Gasteiger partial charge in [-0.05, 0) is 24.3 Å². The summed E-state index contributed by atoms with van der Waals surface area (Å²) in [5.74, 6) is -0.379. The number of ether oxygens (including phenoxy) is 2. The summed E-state index contributed by atoms with van der Waals surface area (Å²) in [7, 11) is 2.99. The van der Waals surface area contributed by atoms with Crippen LogP contribution in [0.4, 0.5) is 4.79 Å². The summed E-state index contributed by atoms with van der Waals surface area (Å²) >= 11 is 0. The third-order valence-electron chi connectivity index (χ3n) is 2.86. The summed E-state index contributed by atoms with van der Waals surface area (Å²) < 4.78 is 10.3. The molecule has 106 valence electrons. The number of amides is 2. The quantitative estimate of drug-likeness (QED) is 0.786. The van der Waals surface area contributed by atoms with Crippen LogP contribution >= 0.6 is 0 Å². The van der Waals surface area contributed by atoms with Crippen molar-refractivity contribution in [3.63, 3.8) is 0 Å². The minimum atomic E-state index is -1.45. The van der Waals surface area contributed by atoms with Crippen molar-refractivity contribution >= 4 is 12.0 Å². The van der Waals surface area contributed by atoms with Crippen LogP contribution in [0.5, 0.6) is 11.5 Å². The van der Waals surface area contributed by atoms with Gasteiger partial charge in [-0.1, -0.05) is 0 Å². The highest BCUT2D eigenvalue weighted by molar-refractivity contribution is 5.92. The number of carbonyl (C=O) groups is 2. The van der Waals surface area contributed by atoms with E-state index in [2.05, 4.69) is 10.6 Å². The van der Waals surface area contributed by atoms with E-state index in [0.717, 1.165) is 0 Å². The third kappa shape index (κ3) is 2.66. The molecule has 1 heterocycles. The largest absolute Gasteiger partial charge is 0.543 e. The van der Waals surface area contributed by atoms with Crippen LogP contribution in [-0.4, -0.2) is 26.2 Å². The van der Waals surface area contributed by atoms with Gasteiger partial charge in [0.15, 0.2) is 0 Å². The fourth-order valence-corrected chi connectivity index (χ4v) is 1.92. The minimum absolute atomic E-state index is 0.288. The summed E-state index contributed by atoms with van der Waals surface area (Å²) in [6.07, 6.45) is 1.34. The highest BCUT2D eigenvalue weighted by atomic mass is 16.5. The van der Waals surface area contributed by atoms with E-state index in [1.165, 1.54) is 20.3 Å². The molecule has 2 N–H and O–H groups in total. The predicted molar refractivity (Wildman–Crippen MR) is 67.0 cm³/mol. The second-order valence-electron chi connectivity index (χ2n) is 4.05. The van der Waals surface area contributed by atoms with Crippen LogP contribution in [0, 0.1) is 0 Å². The van der Waals surface area contributed by atoms with Crippen molar-refractivity contribution in [2.24, 2.45) is 0 Å². The highest BCUT2D eigenvalue weighted by Crippen LogP contribution is 2.31. The number of nitrogens with one attached hydrogen (secondary N) is 2. The van der Waals surface area contributed by atoms with Gasteiger partial charge in [-0.15, -0.1) is 0 Å². The Balaban J connectivity index is 2.46. The van der Waals surface area contributed by atoms with E-state index in [1.807, 2.05) is 0 Å². The average molecular weight is 277 g/mol. The molecule has 1 aliphatic heterocycles. The molecule has 0 unspecified atom stereocenters. The summed E-state index contributed by atoms with van der Waals surface area (Å²) in [5.41, 5.74) is 0.295. The first-order valence-electron chi connectivity index (χ1n) is 5.77. The van der Waals surface area contributed by atoms with Gasteiger partial charge in [-0.25, -0.2) is 4.79 Å². The minimum Gasteiger partial charge on any atom is -0.543 e. The Bertz CT molecular complexity index is 582.